The molecule has 2 N–H and O–H groups in total. The highest BCUT2D eigenvalue weighted by Gasteiger charge is 2.21. The first-order chi connectivity index (χ1) is 11.3. The van der Waals surface area contributed by atoms with E-state index in [-0.39, 0.29) is 11.8 Å². The molecule has 1 rings (SSSR count). The molecule has 7 nitrogen and oxygen atoms in total. The summed E-state index contributed by atoms with van der Waals surface area (Å²) in [4.78, 5) is 26.4. The number of nitrogens with one attached hydrogen (secondary N) is 2. The van der Waals surface area contributed by atoms with Gasteiger partial charge >= 0.3 is 0 Å². The Morgan fingerprint density at radius 2 is 1.92 bits per heavy atom. The molecule has 2 amide bonds. The van der Waals surface area contributed by atoms with Gasteiger partial charge in [-0.15, -0.1) is 0 Å². The third-order valence-electron chi connectivity index (χ3n) is 4.18. The Morgan fingerprint density at radius 3 is 2.46 bits per heavy atom. The number of rotatable bonds is 9. The number of hydrogen-bond acceptors (Lipinski definition) is 4. The largest absolute Gasteiger partial charge is 0.353 e. The van der Waals surface area contributed by atoms with Gasteiger partial charge in [0.05, 0.1) is 17.8 Å². The fraction of sp³-hybridized carbons (Fsp3) is 0.706. The Hall–Kier alpha value is -1.89. The second-order valence-corrected chi connectivity index (χ2v) is 6.35. The van der Waals surface area contributed by atoms with E-state index in [4.69, 9.17) is 0 Å². The maximum absolute atomic E-state index is 12.4. The van der Waals surface area contributed by atoms with Crippen LogP contribution in [-0.4, -0.2) is 59.7 Å². The first-order valence-corrected chi connectivity index (χ1v) is 8.59. The van der Waals surface area contributed by atoms with Crippen molar-refractivity contribution in [2.24, 2.45) is 0 Å². The molecule has 0 spiro atoms. The Bertz CT molecular complexity index is 549. The van der Waals surface area contributed by atoms with Gasteiger partial charge in [0.15, 0.2) is 0 Å². The number of likely N-dealkylation sites (N-methyl/N-ethyl adjacent to an activating group) is 1. The summed E-state index contributed by atoms with van der Waals surface area (Å²) in [7, 11) is 3.88. The van der Waals surface area contributed by atoms with E-state index in [1.807, 2.05) is 30.6 Å². The van der Waals surface area contributed by atoms with Crippen LogP contribution in [0.25, 0.3) is 0 Å². The first-order valence-electron chi connectivity index (χ1n) is 8.59. The molecule has 0 aliphatic carbocycles. The summed E-state index contributed by atoms with van der Waals surface area (Å²) in [6.45, 7) is 9.10. The number of carbonyl (C=O) groups excluding carboxylic acids is 2. The van der Waals surface area contributed by atoms with Gasteiger partial charge in [-0.25, -0.2) is 0 Å². The van der Waals surface area contributed by atoms with Crippen LogP contribution < -0.4 is 10.6 Å². The average molecular weight is 337 g/mol. The van der Waals surface area contributed by atoms with E-state index in [0.29, 0.717) is 18.2 Å². The molecule has 0 bridgehead atoms. The van der Waals surface area contributed by atoms with Gasteiger partial charge in [-0.2, -0.15) is 5.10 Å². The fourth-order valence-electron chi connectivity index (χ4n) is 2.54. The van der Waals surface area contributed by atoms with E-state index in [1.165, 1.54) is 0 Å². The van der Waals surface area contributed by atoms with E-state index in [1.54, 1.807) is 13.1 Å². The fourth-order valence-corrected chi connectivity index (χ4v) is 2.54. The highest BCUT2D eigenvalue weighted by Crippen LogP contribution is 2.19. The van der Waals surface area contributed by atoms with Gasteiger partial charge < -0.3 is 15.5 Å². The van der Waals surface area contributed by atoms with Gasteiger partial charge in [0, 0.05) is 18.8 Å². The summed E-state index contributed by atoms with van der Waals surface area (Å²) >= 11 is 0. The summed E-state index contributed by atoms with van der Waals surface area (Å²) < 4.78 is 1.90. The van der Waals surface area contributed by atoms with E-state index in [2.05, 4.69) is 29.6 Å². The normalized spacial score (nSPS) is 12.5. The van der Waals surface area contributed by atoms with Crippen molar-refractivity contribution in [3.8, 4) is 0 Å². The predicted molar refractivity (Wildman–Crippen MR) is 95.1 cm³/mol. The molecule has 0 unspecified atom stereocenters. The lowest BCUT2D eigenvalue weighted by Gasteiger charge is -2.17. The van der Waals surface area contributed by atoms with Crippen LogP contribution >= 0.6 is 0 Å². The van der Waals surface area contributed by atoms with Gasteiger partial charge in [-0.1, -0.05) is 13.8 Å². The van der Waals surface area contributed by atoms with Crippen molar-refractivity contribution < 1.29 is 9.59 Å². The standard InChI is InChI=1S/C17H31N5O2/c1-7-14(8-2)22-13(4)15(11-19-22)17(24)20-12(3)16(23)18-9-10-21(5)6/h11-12,14H,7-10H2,1-6H3,(H,18,23)(H,20,24)/t12-/m1/s1. The zero-order valence-corrected chi connectivity index (χ0v) is 15.7. The molecule has 0 saturated heterocycles. The van der Waals surface area contributed by atoms with Crippen molar-refractivity contribution in [2.75, 3.05) is 27.2 Å². The van der Waals surface area contributed by atoms with Gasteiger partial charge in [0.25, 0.3) is 5.91 Å². The zero-order chi connectivity index (χ0) is 18.3. The second kappa shape index (κ2) is 9.42. The molecule has 1 aromatic rings. The van der Waals surface area contributed by atoms with Crippen molar-refractivity contribution in [3.63, 3.8) is 0 Å². The van der Waals surface area contributed by atoms with E-state index in [0.717, 1.165) is 25.1 Å². The quantitative estimate of drug-likeness (QED) is 0.713. The predicted octanol–water partition coefficient (Wildman–Crippen LogP) is 1.35. The average Bonchev–Trinajstić information content (AvgIpc) is 2.90. The number of aromatic nitrogens is 2. The summed E-state index contributed by atoms with van der Waals surface area (Å²) in [6.07, 6.45) is 3.51. The molecule has 0 aliphatic heterocycles. The molecule has 1 aromatic heterocycles. The van der Waals surface area contributed by atoms with Crippen molar-refractivity contribution in [3.05, 3.63) is 17.5 Å². The third kappa shape index (κ3) is 5.33. The first kappa shape index (κ1) is 20.2. The molecule has 0 fully saturated rings. The smallest absolute Gasteiger partial charge is 0.255 e. The Morgan fingerprint density at radius 1 is 1.29 bits per heavy atom. The van der Waals surface area contributed by atoms with Gasteiger partial charge in [0.1, 0.15) is 6.04 Å². The van der Waals surface area contributed by atoms with Gasteiger partial charge in [-0.3, -0.25) is 14.3 Å². The lowest BCUT2D eigenvalue weighted by Crippen LogP contribution is -2.46. The summed E-state index contributed by atoms with van der Waals surface area (Å²) in [5, 5.41) is 9.91. The molecule has 24 heavy (non-hydrogen) atoms. The molecule has 0 saturated carbocycles. The molecule has 0 aliphatic rings. The Labute approximate surface area is 144 Å². The molecule has 1 heterocycles. The lowest BCUT2D eigenvalue weighted by atomic mass is 10.1. The number of carbonyl (C=O) groups is 2. The molecule has 136 valence electrons. The SMILES string of the molecule is CCC(CC)n1ncc(C(=O)N[C@H](C)C(=O)NCCN(C)C)c1C. The Balaban J connectivity index is 2.66. The van der Waals surface area contributed by atoms with Crippen LogP contribution in [0.1, 0.15) is 55.7 Å². The topological polar surface area (TPSA) is 79.3 Å². The monoisotopic (exact) mass is 337 g/mol. The number of hydrogen-bond donors (Lipinski definition) is 2. The molecule has 1 atom stereocenters. The summed E-state index contributed by atoms with van der Waals surface area (Å²) in [5.74, 6) is -0.449. The minimum absolute atomic E-state index is 0.185. The van der Waals surface area contributed by atoms with E-state index >= 15 is 0 Å². The van der Waals surface area contributed by atoms with Crippen LogP contribution in [0.5, 0.6) is 0 Å². The maximum Gasteiger partial charge on any atom is 0.255 e. The minimum atomic E-state index is -0.587. The highest BCUT2D eigenvalue weighted by molar-refractivity contribution is 5.98. The minimum Gasteiger partial charge on any atom is -0.353 e. The molecular formula is C17H31N5O2. The number of nitrogens with zero attached hydrogens (tertiary/aromatic N) is 3. The van der Waals surface area contributed by atoms with Crippen molar-refractivity contribution >= 4 is 11.8 Å². The van der Waals surface area contributed by atoms with Gasteiger partial charge in [0.2, 0.25) is 5.91 Å². The van der Waals surface area contributed by atoms with E-state index < -0.39 is 6.04 Å². The van der Waals surface area contributed by atoms with Crippen molar-refractivity contribution in [1.82, 2.24) is 25.3 Å². The van der Waals surface area contributed by atoms with Crippen LogP contribution in [0.3, 0.4) is 0 Å². The third-order valence-corrected chi connectivity index (χ3v) is 4.18. The molecule has 0 radical (unpaired) electrons. The second-order valence-electron chi connectivity index (χ2n) is 6.35. The Kier molecular flexibility index (Phi) is 7.91. The molecular weight excluding hydrogens is 306 g/mol. The maximum atomic E-state index is 12.4. The van der Waals surface area contributed by atoms with Gasteiger partial charge in [-0.05, 0) is 40.8 Å². The van der Waals surface area contributed by atoms with Crippen LogP contribution in [0.2, 0.25) is 0 Å². The number of amides is 2. The highest BCUT2D eigenvalue weighted by atomic mass is 16.2. The van der Waals surface area contributed by atoms with E-state index in [9.17, 15) is 9.59 Å². The van der Waals surface area contributed by atoms with Crippen molar-refractivity contribution in [2.45, 2.75) is 52.6 Å². The summed E-state index contributed by atoms with van der Waals surface area (Å²) in [5.41, 5.74) is 1.36. The van der Waals surface area contributed by atoms with Crippen molar-refractivity contribution in [1.29, 1.82) is 0 Å². The molecule has 0 aromatic carbocycles. The lowest BCUT2D eigenvalue weighted by molar-refractivity contribution is -0.122. The molecule has 7 heteroatoms. The van der Waals surface area contributed by atoms with Crippen LogP contribution in [0.15, 0.2) is 6.20 Å². The zero-order valence-electron chi connectivity index (χ0n) is 15.7. The van der Waals surface area contributed by atoms with Crippen LogP contribution in [-0.2, 0) is 4.79 Å². The summed E-state index contributed by atoms with van der Waals surface area (Å²) in [6, 6.07) is -0.297. The van der Waals surface area contributed by atoms with Crippen LogP contribution in [0.4, 0.5) is 0 Å². The van der Waals surface area contributed by atoms with Crippen LogP contribution in [0, 0.1) is 6.92 Å².